The molecule has 1 aliphatic heterocycles. The average molecular weight is 470 g/mol. The normalized spacial score (nSPS) is 13.7. The molecule has 3 aromatic rings. The lowest BCUT2D eigenvalue weighted by molar-refractivity contribution is 0.0995. The smallest absolute Gasteiger partial charge is 0.344 e. The first kappa shape index (κ1) is 24.3. The lowest BCUT2D eigenvalue weighted by atomic mass is 10.2. The molecule has 33 heavy (non-hydrogen) atoms. The lowest BCUT2D eigenvalue weighted by Gasteiger charge is -2.34. The van der Waals surface area contributed by atoms with E-state index in [0.29, 0.717) is 18.1 Å². The first-order chi connectivity index (χ1) is 16.0. The maximum absolute atomic E-state index is 12.6. The molecule has 0 atom stereocenters. The van der Waals surface area contributed by atoms with Crippen LogP contribution in [0.2, 0.25) is 5.02 Å². The minimum Gasteiger partial charge on any atom is -0.457 e. The number of nitrogens with two attached hydrogens (primary N) is 1. The summed E-state index contributed by atoms with van der Waals surface area (Å²) in [6, 6.07) is 16.4. The van der Waals surface area contributed by atoms with Crippen molar-refractivity contribution in [3.05, 3.63) is 77.1 Å². The van der Waals surface area contributed by atoms with Crippen molar-refractivity contribution in [2.45, 2.75) is 20.4 Å². The van der Waals surface area contributed by atoms with Crippen molar-refractivity contribution in [2.75, 3.05) is 26.2 Å². The Morgan fingerprint density at radius 3 is 2.33 bits per heavy atom. The zero-order chi connectivity index (χ0) is 23.8. The average Bonchev–Trinajstić information content (AvgIpc) is 3.33. The Morgan fingerprint density at radius 2 is 1.70 bits per heavy atom. The van der Waals surface area contributed by atoms with Crippen LogP contribution in [0.4, 0.5) is 4.79 Å². The van der Waals surface area contributed by atoms with Crippen LogP contribution >= 0.6 is 11.6 Å². The van der Waals surface area contributed by atoms with Gasteiger partial charge in [0.15, 0.2) is 5.69 Å². The van der Waals surface area contributed by atoms with Gasteiger partial charge in [-0.3, -0.25) is 9.69 Å². The first-order valence-electron chi connectivity index (χ1n) is 10.9. The number of hydrogen-bond donors (Lipinski definition) is 1. The monoisotopic (exact) mass is 469 g/mol. The highest BCUT2D eigenvalue weighted by Crippen LogP contribution is 2.24. The van der Waals surface area contributed by atoms with Crippen molar-refractivity contribution < 1.29 is 14.3 Å². The van der Waals surface area contributed by atoms with Crippen LogP contribution in [-0.2, 0) is 6.54 Å². The third kappa shape index (κ3) is 6.57. The van der Waals surface area contributed by atoms with Crippen molar-refractivity contribution in [1.82, 2.24) is 19.6 Å². The standard InChI is InChI=1S/C22H22ClN5O3.C2H6/c23-17-4-6-18(7-5-17)31-19-3-1-2-16(14-19)15-26-10-12-27(13-11-26)22(30)28-9-8-20(25-28)21(24)29;1-2/h1-9,14H,10-13,15H2,(H2,24,29);1-2H3. The number of rotatable bonds is 5. The molecule has 1 aliphatic rings. The highest BCUT2D eigenvalue weighted by atomic mass is 35.5. The van der Waals surface area contributed by atoms with Gasteiger partial charge in [-0.15, -0.1) is 0 Å². The van der Waals surface area contributed by atoms with E-state index < -0.39 is 5.91 Å². The second kappa shape index (κ2) is 11.5. The molecule has 8 nitrogen and oxygen atoms in total. The van der Waals surface area contributed by atoms with Crippen molar-refractivity contribution in [3.63, 3.8) is 0 Å². The van der Waals surface area contributed by atoms with Crippen LogP contribution in [0.5, 0.6) is 11.5 Å². The van der Waals surface area contributed by atoms with Crippen molar-refractivity contribution in [2.24, 2.45) is 5.73 Å². The summed E-state index contributed by atoms with van der Waals surface area (Å²) in [7, 11) is 0. The predicted octanol–water partition coefficient (Wildman–Crippen LogP) is 4.24. The van der Waals surface area contributed by atoms with Gasteiger partial charge in [-0.1, -0.05) is 37.6 Å². The maximum atomic E-state index is 12.6. The van der Waals surface area contributed by atoms with Gasteiger partial charge in [-0.05, 0) is 48.0 Å². The molecule has 0 unspecified atom stereocenters. The minimum atomic E-state index is -0.654. The van der Waals surface area contributed by atoms with Crippen LogP contribution in [0.15, 0.2) is 60.8 Å². The molecule has 0 spiro atoms. The Hall–Kier alpha value is -3.36. The van der Waals surface area contributed by atoms with Crippen molar-refractivity contribution >= 4 is 23.5 Å². The highest BCUT2D eigenvalue weighted by Gasteiger charge is 2.23. The molecule has 0 bridgehead atoms. The van der Waals surface area contributed by atoms with Gasteiger partial charge < -0.3 is 15.4 Å². The van der Waals surface area contributed by atoms with Crippen LogP contribution in [0.1, 0.15) is 29.9 Å². The fourth-order valence-electron chi connectivity index (χ4n) is 3.41. The number of primary amides is 1. The van der Waals surface area contributed by atoms with Gasteiger partial charge in [0.05, 0.1) is 0 Å². The molecule has 4 rings (SSSR count). The number of carbonyl (C=O) groups excluding carboxylic acids is 2. The van der Waals surface area contributed by atoms with E-state index in [1.165, 1.54) is 12.3 Å². The number of hydrogen-bond acceptors (Lipinski definition) is 5. The molecule has 2 N–H and O–H groups in total. The van der Waals surface area contributed by atoms with Crippen LogP contribution in [0.3, 0.4) is 0 Å². The summed E-state index contributed by atoms with van der Waals surface area (Å²) in [4.78, 5) is 27.7. The van der Waals surface area contributed by atoms with Crippen molar-refractivity contribution in [3.8, 4) is 11.5 Å². The molecule has 0 radical (unpaired) electrons. The Balaban J connectivity index is 0.00000149. The summed E-state index contributed by atoms with van der Waals surface area (Å²) in [5, 5.41) is 4.60. The van der Waals surface area contributed by atoms with E-state index in [0.717, 1.165) is 41.4 Å². The largest absolute Gasteiger partial charge is 0.457 e. The van der Waals surface area contributed by atoms with Gasteiger partial charge in [0.1, 0.15) is 11.5 Å². The molecule has 174 valence electrons. The Kier molecular flexibility index (Phi) is 8.46. The molecule has 9 heteroatoms. The molecular weight excluding hydrogens is 442 g/mol. The van der Waals surface area contributed by atoms with Gasteiger partial charge in [0.25, 0.3) is 5.91 Å². The van der Waals surface area contributed by atoms with E-state index in [1.807, 2.05) is 44.2 Å². The van der Waals surface area contributed by atoms with Crippen LogP contribution in [0, 0.1) is 0 Å². The highest BCUT2D eigenvalue weighted by molar-refractivity contribution is 6.30. The number of carbonyl (C=O) groups is 2. The molecule has 1 aromatic heterocycles. The van der Waals surface area contributed by atoms with E-state index >= 15 is 0 Å². The number of aromatic nitrogens is 2. The third-order valence-electron chi connectivity index (χ3n) is 5.03. The van der Waals surface area contributed by atoms with E-state index in [-0.39, 0.29) is 11.7 Å². The van der Waals surface area contributed by atoms with E-state index in [9.17, 15) is 9.59 Å². The summed E-state index contributed by atoms with van der Waals surface area (Å²) < 4.78 is 7.07. The van der Waals surface area contributed by atoms with Gasteiger partial charge in [-0.2, -0.15) is 9.78 Å². The van der Waals surface area contributed by atoms with Crippen molar-refractivity contribution in [1.29, 1.82) is 0 Å². The molecule has 1 saturated heterocycles. The Labute approximate surface area is 198 Å². The Morgan fingerprint density at radius 1 is 1.00 bits per heavy atom. The zero-order valence-corrected chi connectivity index (χ0v) is 19.5. The van der Waals surface area contributed by atoms with Crippen LogP contribution in [-0.4, -0.2) is 57.7 Å². The molecule has 0 aliphatic carbocycles. The summed E-state index contributed by atoms with van der Waals surface area (Å²) in [6.45, 7) is 7.38. The zero-order valence-electron chi connectivity index (χ0n) is 18.8. The van der Waals surface area contributed by atoms with Gasteiger partial charge >= 0.3 is 6.03 Å². The lowest BCUT2D eigenvalue weighted by Crippen LogP contribution is -2.49. The number of amides is 2. The quantitative estimate of drug-likeness (QED) is 0.603. The molecule has 2 heterocycles. The molecule has 1 fully saturated rings. The van der Waals surface area contributed by atoms with Gasteiger partial charge in [-0.25, -0.2) is 4.79 Å². The van der Waals surface area contributed by atoms with E-state index in [2.05, 4.69) is 16.1 Å². The maximum Gasteiger partial charge on any atom is 0.344 e. The second-order valence-corrected chi connectivity index (χ2v) is 7.70. The Bertz CT molecular complexity index is 1080. The topological polar surface area (TPSA) is 93.7 Å². The number of benzene rings is 2. The third-order valence-corrected chi connectivity index (χ3v) is 5.29. The van der Waals surface area contributed by atoms with Gasteiger partial charge in [0.2, 0.25) is 0 Å². The van der Waals surface area contributed by atoms with E-state index in [4.69, 9.17) is 22.1 Å². The van der Waals surface area contributed by atoms with Gasteiger partial charge in [0, 0.05) is 43.9 Å². The second-order valence-electron chi connectivity index (χ2n) is 7.26. The predicted molar refractivity (Wildman–Crippen MR) is 128 cm³/mol. The SMILES string of the molecule is CC.NC(=O)c1ccn(C(=O)N2CCN(Cc3cccc(Oc4ccc(Cl)cc4)c3)CC2)n1. The fourth-order valence-corrected chi connectivity index (χ4v) is 3.53. The summed E-state index contributed by atoms with van der Waals surface area (Å²) >= 11 is 5.92. The molecule has 0 saturated carbocycles. The summed E-state index contributed by atoms with van der Waals surface area (Å²) in [6.07, 6.45) is 1.46. The number of halogens is 1. The molecular formula is C24H28ClN5O3. The summed E-state index contributed by atoms with van der Waals surface area (Å²) in [5.41, 5.74) is 6.40. The number of nitrogens with zero attached hydrogens (tertiary/aromatic N) is 4. The number of piperazine rings is 1. The molecule has 2 aromatic carbocycles. The van der Waals surface area contributed by atoms with E-state index in [1.54, 1.807) is 17.0 Å². The fraction of sp³-hybridized carbons (Fsp3) is 0.292. The molecule has 2 amide bonds. The minimum absolute atomic E-state index is 0.0766. The first-order valence-corrected chi connectivity index (χ1v) is 11.3. The summed E-state index contributed by atoms with van der Waals surface area (Å²) in [5.74, 6) is 0.836. The number of ether oxygens (including phenoxy) is 1. The van der Waals surface area contributed by atoms with Crippen LogP contribution in [0.25, 0.3) is 0 Å². The van der Waals surface area contributed by atoms with Crippen LogP contribution < -0.4 is 10.5 Å².